The molecule has 2 aliphatic heterocycles. The zero-order valence-corrected chi connectivity index (χ0v) is 12.4. The van der Waals surface area contributed by atoms with E-state index in [0.29, 0.717) is 0 Å². The van der Waals surface area contributed by atoms with Crippen LogP contribution in [0.15, 0.2) is 0 Å². The summed E-state index contributed by atoms with van der Waals surface area (Å²) >= 11 is 0. The van der Waals surface area contributed by atoms with Crippen LogP contribution in [0.2, 0.25) is 0 Å². The quantitative estimate of drug-likeness (QED) is 0.743. The second kappa shape index (κ2) is 6.10. The average molecular weight is 283 g/mol. The Hall–Kier alpha value is -1.14. The number of nitrogens with zero attached hydrogens (tertiary/aromatic N) is 1. The third-order valence-corrected chi connectivity index (χ3v) is 4.41. The normalized spacial score (nSPS) is 27.3. The molecule has 2 aliphatic rings. The number of hydrogen-bond donors (Lipinski definition) is 2. The van der Waals surface area contributed by atoms with Gasteiger partial charge in [0, 0.05) is 25.1 Å². The van der Waals surface area contributed by atoms with Crippen LogP contribution in [0, 0.1) is 11.3 Å². The van der Waals surface area contributed by atoms with Crippen LogP contribution in [-0.2, 0) is 14.3 Å². The van der Waals surface area contributed by atoms with Crippen molar-refractivity contribution in [3.63, 3.8) is 0 Å². The first-order valence-corrected chi connectivity index (χ1v) is 7.32. The number of likely N-dealkylation sites (tertiary alicyclic amines) is 1. The van der Waals surface area contributed by atoms with Crippen LogP contribution < -0.4 is 11.1 Å². The first-order chi connectivity index (χ1) is 9.43. The molecule has 2 rings (SSSR count). The minimum absolute atomic E-state index is 0.0296. The predicted octanol–water partition coefficient (Wildman–Crippen LogP) is -0.275. The fourth-order valence-electron chi connectivity index (χ4n) is 2.81. The molecular weight excluding hydrogens is 258 g/mol. The zero-order chi connectivity index (χ0) is 14.8. The van der Waals surface area contributed by atoms with Crippen molar-refractivity contribution in [2.75, 3.05) is 32.8 Å². The van der Waals surface area contributed by atoms with E-state index in [2.05, 4.69) is 5.32 Å². The molecule has 0 radical (unpaired) electrons. The van der Waals surface area contributed by atoms with E-state index in [-0.39, 0.29) is 29.7 Å². The number of carbonyl (C=O) groups is 2. The van der Waals surface area contributed by atoms with Crippen molar-refractivity contribution in [2.45, 2.75) is 32.7 Å². The maximum atomic E-state index is 12.1. The summed E-state index contributed by atoms with van der Waals surface area (Å²) in [6, 6.07) is -0.559. The van der Waals surface area contributed by atoms with Gasteiger partial charge in [-0.3, -0.25) is 9.59 Å². The molecule has 0 aliphatic carbocycles. The lowest BCUT2D eigenvalue weighted by Gasteiger charge is -2.22. The summed E-state index contributed by atoms with van der Waals surface area (Å²) in [6.45, 7) is 6.86. The highest BCUT2D eigenvalue weighted by atomic mass is 16.5. The highest BCUT2D eigenvalue weighted by molar-refractivity contribution is 5.87. The van der Waals surface area contributed by atoms with Crippen LogP contribution in [0.1, 0.15) is 26.7 Å². The molecule has 0 aromatic carbocycles. The van der Waals surface area contributed by atoms with Crippen LogP contribution in [0.25, 0.3) is 0 Å². The summed E-state index contributed by atoms with van der Waals surface area (Å²) < 4.78 is 5.44. The van der Waals surface area contributed by atoms with Gasteiger partial charge >= 0.3 is 0 Å². The van der Waals surface area contributed by atoms with Crippen LogP contribution >= 0.6 is 0 Å². The van der Waals surface area contributed by atoms with Crippen LogP contribution in [-0.4, -0.2) is 55.6 Å². The van der Waals surface area contributed by atoms with Gasteiger partial charge in [0.1, 0.15) is 0 Å². The molecule has 0 aromatic rings. The van der Waals surface area contributed by atoms with Crippen LogP contribution in [0.3, 0.4) is 0 Å². The van der Waals surface area contributed by atoms with E-state index >= 15 is 0 Å². The Labute approximate surface area is 120 Å². The molecule has 0 bridgehead atoms. The van der Waals surface area contributed by atoms with Gasteiger partial charge in [0.25, 0.3) is 0 Å². The summed E-state index contributed by atoms with van der Waals surface area (Å²) in [4.78, 5) is 25.7. The summed E-state index contributed by atoms with van der Waals surface area (Å²) in [6.07, 6.45) is 2.03. The average Bonchev–Trinajstić information content (AvgIpc) is 3.05. The third-order valence-electron chi connectivity index (χ3n) is 4.41. The molecule has 0 aromatic heterocycles. The number of rotatable bonds is 4. The highest BCUT2D eigenvalue weighted by Crippen LogP contribution is 2.37. The van der Waals surface area contributed by atoms with Crippen molar-refractivity contribution >= 4 is 11.8 Å². The SMILES string of the molecule is CC(C)[C@H](N)C(=O)NCC(=O)N1CCC2(CCOC2)C1. The summed E-state index contributed by atoms with van der Waals surface area (Å²) in [5.41, 5.74) is 5.90. The molecular formula is C14H25N3O3. The summed E-state index contributed by atoms with van der Waals surface area (Å²) in [5, 5.41) is 2.63. The fraction of sp³-hybridized carbons (Fsp3) is 0.857. The molecule has 1 unspecified atom stereocenters. The molecule has 2 heterocycles. The van der Waals surface area contributed by atoms with Gasteiger partial charge in [-0.15, -0.1) is 0 Å². The number of hydrogen-bond acceptors (Lipinski definition) is 4. The van der Waals surface area contributed by atoms with Gasteiger partial charge in [0.2, 0.25) is 11.8 Å². The third kappa shape index (κ3) is 3.30. The Balaban J connectivity index is 1.77. The number of carbonyl (C=O) groups excluding carboxylic acids is 2. The van der Waals surface area contributed by atoms with E-state index in [1.807, 2.05) is 18.7 Å². The smallest absolute Gasteiger partial charge is 0.241 e. The Kier molecular flexibility index (Phi) is 4.65. The Morgan fingerprint density at radius 1 is 1.40 bits per heavy atom. The molecule has 20 heavy (non-hydrogen) atoms. The molecule has 2 amide bonds. The summed E-state index contributed by atoms with van der Waals surface area (Å²) in [7, 11) is 0. The largest absolute Gasteiger partial charge is 0.381 e. The second-order valence-electron chi connectivity index (χ2n) is 6.36. The molecule has 2 fully saturated rings. The minimum atomic E-state index is -0.559. The Morgan fingerprint density at radius 2 is 2.15 bits per heavy atom. The Bertz CT molecular complexity index is 378. The first kappa shape index (κ1) is 15.3. The molecule has 114 valence electrons. The molecule has 2 saturated heterocycles. The van der Waals surface area contributed by atoms with Gasteiger partial charge in [-0.25, -0.2) is 0 Å². The molecule has 0 saturated carbocycles. The van der Waals surface area contributed by atoms with Crippen molar-refractivity contribution in [1.29, 1.82) is 0 Å². The maximum Gasteiger partial charge on any atom is 0.241 e. The van der Waals surface area contributed by atoms with Gasteiger partial charge < -0.3 is 20.7 Å². The monoisotopic (exact) mass is 283 g/mol. The van der Waals surface area contributed by atoms with Gasteiger partial charge in [-0.2, -0.15) is 0 Å². The molecule has 1 spiro atoms. The fourth-order valence-corrected chi connectivity index (χ4v) is 2.81. The van der Waals surface area contributed by atoms with E-state index in [1.54, 1.807) is 0 Å². The van der Waals surface area contributed by atoms with Gasteiger partial charge in [0.15, 0.2) is 0 Å². The van der Waals surface area contributed by atoms with Crippen molar-refractivity contribution in [2.24, 2.45) is 17.1 Å². The maximum absolute atomic E-state index is 12.1. The minimum Gasteiger partial charge on any atom is -0.381 e. The standard InChI is InChI=1S/C14H25N3O3/c1-10(2)12(15)13(19)16-7-11(18)17-5-3-14(8-17)4-6-20-9-14/h10,12H,3-9,15H2,1-2H3,(H,16,19)/t12-,14?/m0/s1. The zero-order valence-electron chi connectivity index (χ0n) is 12.4. The molecule has 6 nitrogen and oxygen atoms in total. The van der Waals surface area contributed by atoms with E-state index in [9.17, 15) is 9.59 Å². The lowest BCUT2D eigenvalue weighted by Crippen LogP contribution is -2.47. The number of ether oxygens (including phenoxy) is 1. The number of amides is 2. The molecule has 6 heteroatoms. The van der Waals surface area contributed by atoms with E-state index in [4.69, 9.17) is 10.5 Å². The van der Waals surface area contributed by atoms with Crippen molar-refractivity contribution in [3.05, 3.63) is 0 Å². The molecule has 3 N–H and O–H groups in total. The van der Waals surface area contributed by atoms with Gasteiger partial charge in [-0.1, -0.05) is 13.8 Å². The number of nitrogens with one attached hydrogen (secondary N) is 1. The highest BCUT2D eigenvalue weighted by Gasteiger charge is 2.42. The lowest BCUT2D eigenvalue weighted by atomic mass is 9.87. The van der Waals surface area contributed by atoms with Crippen LogP contribution in [0.4, 0.5) is 0 Å². The Morgan fingerprint density at radius 3 is 2.75 bits per heavy atom. The lowest BCUT2D eigenvalue weighted by molar-refractivity contribution is -0.132. The second-order valence-corrected chi connectivity index (χ2v) is 6.36. The summed E-state index contributed by atoms with van der Waals surface area (Å²) in [5.74, 6) is -0.222. The van der Waals surface area contributed by atoms with Crippen molar-refractivity contribution in [1.82, 2.24) is 10.2 Å². The van der Waals surface area contributed by atoms with Gasteiger partial charge in [-0.05, 0) is 18.8 Å². The van der Waals surface area contributed by atoms with Crippen molar-refractivity contribution in [3.8, 4) is 0 Å². The molecule has 2 atom stereocenters. The topological polar surface area (TPSA) is 84.7 Å². The predicted molar refractivity (Wildman–Crippen MR) is 74.9 cm³/mol. The first-order valence-electron chi connectivity index (χ1n) is 7.32. The van der Waals surface area contributed by atoms with Crippen LogP contribution in [0.5, 0.6) is 0 Å². The van der Waals surface area contributed by atoms with Gasteiger partial charge in [0.05, 0.1) is 19.2 Å². The van der Waals surface area contributed by atoms with E-state index < -0.39 is 6.04 Å². The number of nitrogens with two attached hydrogens (primary N) is 1. The van der Waals surface area contributed by atoms with E-state index in [0.717, 1.165) is 39.1 Å². The van der Waals surface area contributed by atoms with Crippen molar-refractivity contribution < 1.29 is 14.3 Å². The van der Waals surface area contributed by atoms with E-state index in [1.165, 1.54) is 0 Å².